The van der Waals surface area contributed by atoms with Gasteiger partial charge in [-0.15, -0.1) is 0 Å². The van der Waals surface area contributed by atoms with Crippen LogP contribution in [0.15, 0.2) is 44.6 Å². The lowest BCUT2D eigenvalue weighted by Crippen LogP contribution is -2.22. The first kappa shape index (κ1) is 15.5. The van der Waals surface area contributed by atoms with E-state index in [1.165, 1.54) is 13.0 Å². The highest BCUT2D eigenvalue weighted by atomic mass is 16.4. The van der Waals surface area contributed by atoms with Crippen LogP contribution in [-0.4, -0.2) is 16.7 Å². The van der Waals surface area contributed by atoms with Crippen LogP contribution in [0.1, 0.15) is 34.2 Å². The summed E-state index contributed by atoms with van der Waals surface area (Å²) in [5.74, 6) is -0.337. The minimum absolute atomic E-state index is 0.0734. The quantitative estimate of drug-likeness (QED) is 0.671. The Morgan fingerprint density at radius 1 is 1.27 bits per heavy atom. The van der Waals surface area contributed by atoms with Crippen molar-refractivity contribution >= 4 is 11.6 Å². The fourth-order valence-corrected chi connectivity index (χ4v) is 2.01. The van der Waals surface area contributed by atoms with E-state index in [9.17, 15) is 14.7 Å². The van der Waals surface area contributed by atoms with Crippen LogP contribution in [0.2, 0.25) is 0 Å². The molecule has 0 saturated heterocycles. The molecule has 0 unspecified atom stereocenters. The summed E-state index contributed by atoms with van der Waals surface area (Å²) in [6.07, 6.45) is 0. The van der Waals surface area contributed by atoms with Crippen LogP contribution >= 0.6 is 0 Å². The first-order valence-electron chi connectivity index (χ1n) is 6.64. The number of rotatable bonds is 3. The van der Waals surface area contributed by atoms with E-state index >= 15 is 0 Å². The first-order chi connectivity index (χ1) is 10.4. The first-order valence-corrected chi connectivity index (χ1v) is 6.64. The fourth-order valence-electron chi connectivity index (χ4n) is 2.01. The van der Waals surface area contributed by atoms with Crippen LogP contribution in [0.3, 0.4) is 0 Å². The maximum Gasteiger partial charge on any atom is 0.348 e. The summed E-state index contributed by atoms with van der Waals surface area (Å²) < 4.78 is 4.91. The predicted octanol–water partition coefficient (Wildman–Crippen LogP) is 2.12. The van der Waals surface area contributed by atoms with E-state index in [4.69, 9.17) is 4.42 Å². The molecule has 1 aromatic heterocycles. The SMILES string of the molecule is CC(=NNC(=O)c1ccccc1C)c1c(O)cc(C)oc1=O. The number of carbonyl (C=O) groups excluding carboxylic acids is 1. The summed E-state index contributed by atoms with van der Waals surface area (Å²) >= 11 is 0. The number of aryl methyl sites for hydroxylation is 2. The van der Waals surface area contributed by atoms with Crippen LogP contribution in [0.5, 0.6) is 5.75 Å². The standard InChI is InChI=1S/C16H16N2O4/c1-9-6-4-5-7-12(9)15(20)18-17-11(3)14-13(19)8-10(2)22-16(14)21/h4-8,19H,1-3H3,(H,18,20). The zero-order valence-corrected chi connectivity index (χ0v) is 12.5. The van der Waals surface area contributed by atoms with Gasteiger partial charge in [-0.05, 0) is 32.4 Å². The molecule has 22 heavy (non-hydrogen) atoms. The van der Waals surface area contributed by atoms with Crippen LogP contribution in [-0.2, 0) is 0 Å². The van der Waals surface area contributed by atoms with E-state index in [1.807, 2.05) is 19.1 Å². The molecule has 1 amide bonds. The zero-order valence-electron chi connectivity index (χ0n) is 12.5. The van der Waals surface area contributed by atoms with E-state index < -0.39 is 11.5 Å². The van der Waals surface area contributed by atoms with Crippen molar-refractivity contribution < 1.29 is 14.3 Å². The summed E-state index contributed by atoms with van der Waals surface area (Å²) in [5, 5.41) is 13.7. The molecule has 2 N–H and O–H groups in total. The molecule has 2 rings (SSSR count). The zero-order chi connectivity index (χ0) is 16.3. The number of amides is 1. The van der Waals surface area contributed by atoms with Crippen molar-refractivity contribution in [3.63, 3.8) is 0 Å². The molecule has 1 aromatic carbocycles. The summed E-state index contributed by atoms with van der Waals surface area (Å²) in [6, 6.07) is 8.38. The molecule has 0 spiro atoms. The third-order valence-electron chi connectivity index (χ3n) is 3.13. The number of carbonyl (C=O) groups is 1. The Hall–Kier alpha value is -2.89. The average molecular weight is 300 g/mol. The van der Waals surface area contributed by atoms with Crippen molar-refractivity contribution in [2.75, 3.05) is 0 Å². The molecule has 0 aliphatic rings. The highest BCUT2D eigenvalue weighted by molar-refractivity contribution is 6.02. The summed E-state index contributed by atoms with van der Waals surface area (Å²) in [4.78, 5) is 23.8. The van der Waals surface area contributed by atoms with Gasteiger partial charge >= 0.3 is 5.63 Å². The van der Waals surface area contributed by atoms with Gasteiger partial charge in [0.05, 0.1) is 5.71 Å². The van der Waals surface area contributed by atoms with Gasteiger partial charge in [0.15, 0.2) is 0 Å². The van der Waals surface area contributed by atoms with Gasteiger partial charge in [0.1, 0.15) is 17.1 Å². The van der Waals surface area contributed by atoms with Gasteiger partial charge < -0.3 is 9.52 Å². The molecule has 0 radical (unpaired) electrons. The largest absolute Gasteiger partial charge is 0.507 e. The lowest BCUT2D eigenvalue weighted by atomic mass is 10.1. The molecule has 114 valence electrons. The fraction of sp³-hybridized carbons (Fsp3) is 0.188. The monoisotopic (exact) mass is 300 g/mol. The Balaban J connectivity index is 2.26. The molecular weight excluding hydrogens is 284 g/mol. The molecule has 0 saturated carbocycles. The number of hydrogen-bond donors (Lipinski definition) is 2. The van der Waals surface area contributed by atoms with Gasteiger partial charge in [-0.25, -0.2) is 10.2 Å². The third kappa shape index (κ3) is 3.22. The lowest BCUT2D eigenvalue weighted by molar-refractivity contribution is 0.0954. The smallest absolute Gasteiger partial charge is 0.348 e. The van der Waals surface area contributed by atoms with E-state index in [2.05, 4.69) is 10.5 Å². The van der Waals surface area contributed by atoms with Gasteiger partial charge in [0.2, 0.25) is 0 Å². The number of hydrogen-bond acceptors (Lipinski definition) is 5. The molecule has 0 atom stereocenters. The Kier molecular flexibility index (Phi) is 4.41. The van der Waals surface area contributed by atoms with Crippen molar-refractivity contribution in [1.82, 2.24) is 5.43 Å². The number of aromatic hydroxyl groups is 1. The van der Waals surface area contributed by atoms with Crippen LogP contribution in [0.4, 0.5) is 0 Å². The number of hydrazone groups is 1. The highest BCUT2D eigenvalue weighted by Gasteiger charge is 2.14. The van der Waals surface area contributed by atoms with E-state index in [0.717, 1.165) is 5.56 Å². The van der Waals surface area contributed by atoms with Gasteiger partial charge in [0.25, 0.3) is 5.91 Å². The maximum atomic E-state index is 12.0. The second-order valence-corrected chi connectivity index (χ2v) is 4.86. The average Bonchev–Trinajstić information content (AvgIpc) is 2.44. The minimum Gasteiger partial charge on any atom is -0.507 e. The molecule has 6 nitrogen and oxygen atoms in total. The normalized spacial score (nSPS) is 11.3. The summed E-state index contributed by atoms with van der Waals surface area (Å²) in [5.41, 5.74) is 3.04. The van der Waals surface area contributed by atoms with Crippen molar-refractivity contribution in [2.45, 2.75) is 20.8 Å². The second kappa shape index (κ2) is 6.26. The molecule has 0 aliphatic heterocycles. The summed E-state index contributed by atoms with van der Waals surface area (Å²) in [7, 11) is 0. The van der Waals surface area contributed by atoms with E-state index in [-0.39, 0.29) is 17.0 Å². The third-order valence-corrected chi connectivity index (χ3v) is 3.13. The topological polar surface area (TPSA) is 91.9 Å². The van der Waals surface area contributed by atoms with Gasteiger partial charge in [-0.3, -0.25) is 4.79 Å². The molecule has 0 aliphatic carbocycles. The Bertz CT molecular complexity index is 806. The number of nitrogens with zero attached hydrogens (tertiary/aromatic N) is 1. The summed E-state index contributed by atoms with van der Waals surface area (Å²) in [6.45, 7) is 4.86. The lowest BCUT2D eigenvalue weighted by Gasteiger charge is -2.06. The van der Waals surface area contributed by atoms with Crippen LogP contribution in [0.25, 0.3) is 0 Å². The van der Waals surface area contributed by atoms with Crippen molar-refractivity contribution in [2.24, 2.45) is 5.10 Å². The van der Waals surface area contributed by atoms with Crippen molar-refractivity contribution in [3.8, 4) is 5.75 Å². The molecule has 0 fully saturated rings. The Morgan fingerprint density at radius 2 is 1.95 bits per heavy atom. The van der Waals surface area contributed by atoms with E-state index in [1.54, 1.807) is 19.1 Å². The van der Waals surface area contributed by atoms with Gasteiger partial charge in [-0.1, -0.05) is 18.2 Å². The van der Waals surface area contributed by atoms with Gasteiger partial charge in [0, 0.05) is 11.6 Å². The Labute approximate surface area is 127 Å². The van der Waals surface area contributed by atoms with Gasteiger partial charge in [-0.2, -0.15) is 5.10 Å². The minimum atomic E-state index is -0.705. The highest BCUT2D eigenvalue weighted by Crippen LogP contribution is 2.15. The number of nitrogens with one attached hydrogen (secondary N) is 1. The number of benzene rings is 1. The van der Waals surface area contributed by atoms with E-state index in [0.29, 0.717) is 11.3 Å². The van der Waals surface area contributed by atoms with Crippen molar-refractivity contribution in [1.29, 1.82) is 0 Å². The molecule has 1 heterocycles. The van der Waals surface area contributed by atoms with Crippen molar-refractivity contribution in [3.05, 3.63) is 63.2 Å². The molecule has 0 bridgehead atoms. The maximum absolute atomic E-state index is 12.0. The molecular formula is C16H16N2O4. The van der Waals surface area contributed by atoms with Crippen LogP contribution < -0.4 is 11.1 Å². The molecule has 6 heteroatoms. The van der Waals surface area contributed by atoms with Crippen LogP contribution in [0, 0.1) is 13.8 Å². The second-order valence-electron chi connectivity index (χ2n) is 4.86. The predicted molar refractivity (Wildman–Crippen MR) is 82.2 cm³/mol. The molecule has 2 aromatic rings. The Morgan fingerprint density at radius 3 is 2.59 bits per heavy atom.